The van der Waals surface area contributed by atoms with Gasteiger partial charge in [-0.25, -0.2) is 4.68 Å². The van der Waals surface area contributed by atoms with Gasteiger partial charge in [-0.1, -0.05) is 0 Å². The summed E-state index contributed by atoms with van der Waals surface area (Å²) in [6, 6.07) is 9.44. The lowest BCUT2D eigenvalue weighted by Crippen LogP contribution is -2.47. The summed E-state index contributed by atoms with van der Waals surface area (Å²) in [6.07, 6.45) is 1.41. The van der Waals surface area contributed by atoms with Gasteiger partial charge in [0.25, 0.3) is 5.91 Å². The van der Waals surface area contributed by atoms with E-state index in [0.717, 1.165) is 17.1 Å². The van der Waals surface area contributed by atoms with Crippen LogP contribution in [0.2, 0.25) is 0 Å². The molecule has 2 fully saturated rings. The second kappa shape index (κ2) is 6.74. The Morgan fingerprint density at radius 1 is 1.15 bits per heavy atom. The number of benzene rings is 1. The molecule has 1 spiro atoms. The highest BCUT2D eigenvalue weighted by molar-refractivity contribution is 5.92. The number of carbonyl (C=O) groups is 1. The summed E-state index contributed by atoms with van der Waals surface area (Å²) >= 11 is 0. The van der Waals surface area contributed by atoms with Crippen LogP contribution in [0.3, 0.4) is 0 Å². The second-order valence-corrected chi connectivity index (χ2v) is 6.68. The molecule has 2 saturated heterocycles. The fourth-order valence-corrected chi connectivity index (χ4v) is 3.56. The van der Waals surface area contributed by atoms with Gasteiger partial charge >= 0.3 is 0 Å². The number of hydrogen-bond acceptors (Lipinski definition) is 5. The number of ether oxygens (including phenoxy) is 3. The van der Waals surface area contributed by atoms with E-state index in [4.69, 9.17) is 14.2 Å². The van der Waals surface area contributed by atoms with E-state index < -0.39 is 5.79 Å². The molecule has 0 aliphatic carbocycles. The predicted molar refractivity (Wildman–Crippen MR) is 94.6 cm³/mol. The molecule has 26 heavy (non-hydrogen) atoms. The van der Waals surface area contributed by atoms with Crippen molar-refractivity contribution >= 4 is 5.91 Å². The molecule has 2 aliphatic heterocycles. The second-order valence-electron chi connectivity index (χ2n) is 6.68. The van der Waals surface area contributed by atoms with E-state index >= 15 is 0 Å². The van der Waals surface area contributed by atoms with Crippen molar-refractivity contribution in [3.8, 4) is 11.4 Å². The average molecular weight is 357 g/mol. The van der Waals surface area contributed by atoms with E-state index in [9.17, 15) is 4.79 Å². The third-order valence-corrected chi connectivity index (χ3v) is 5.05. The maximum absolute atomic E-state index is 12.8. The topological polar surface area (TPSA) is 65.8 Å². The lowest BCUT2D eigenvalue weighted by Gasteiger charge is -2.37. The molecule has 7 nitrogen and oxygen atoms in total. The molecule has 138 valence electrons. The van der Waals surface area contributed by atoms with Crippen LogP contribution >= 0.6 is 0 Å². The van der Waals surface area contributed by atoms with Gasteiger partial charge in [0.1, 0.15) is 5.75 Å². The molecule has 4 rings (SSSR count). The quantitative estimate of drug-likeness (QED) is 0.842. The van der Waals surface area contributed by atoms with Crippen molar-refractivity contribution in [3.63, 3.8) is 0 Å². The molecule has 0 atom stereocenters. The molecule has 0 saturated carbocycles. The highest BCUT2D eigenvalue weighted by Crippen LogP contribution is 2.31. The minimum Gasteiger partial charge on any atom is -0.497 e. The van der Waals surface area contributed by atoms with Gasteiger partial charge in [-0.3, -0.25) is 4.79 Å². The smallest absolute Gasteiger partial charge is 0.274 e. The first-order valence-corrected chi connectivity index (χ1v) is 8.88. The number of methoxy groups -OCH3 is 1. The first-order chi connectivity index (χ1) is 12.6. The van der Waals surface area contributed by atoms with E-state index in [-0.39, 0.29) is 5.91 Å². The lowest BCUT2D eigenvalue weighted by molar-refractivity contribution is -0.181. The Labute approximate surface area is 152 Å². The summed E-state index contributed by atoms with van der Waals surface area (Å²) in [7, 11) is 1.63. The summed E-state index contributed by atoms with van der Waals surface area (Å²) in [5.74, 6) is 0.261. The van der Waals surface area contributed by atoms with Gasteiger partial charge in [-0.2, -0.15) is 5.10 Å². The van der Waals surface area contributed by atoms with E-state index in [2.05, 4.69) is 5.10 Å². The van der Waals surface area contributed by atoms with Crippen molar-refractivity contribution in [2.45, 2.75) is 25.6 Å². The van der Waals surface area contributed by atoms with E-state index in [0.29, 0.717) is 44.8 Å². The Balaban J connectivity index is 1.48. The number of nitrogens with zero attached hydrogens (tertiary/aromatic N) is 3. The molecule has 1 aromatic carbocycles. The van der Waals surface area contributed by atoms with E-state index in [1.165, 1.54) is 0 Å². The van der Waals surface area contributed by atoms with E-state index in [1.807, 2.05) is 42.2 Å². The number of piperidine rings is 1. The van der Waals surface area contributed by atoms with Crippen LogP contribution in [0.4, 0.5) is 0 Å². The molecular weight excluding hydrogens is 334 g/mol. The Hall–Kier alpha value is -2.38. The maximum Gasteiger partial charge on any atom is 0.274 e. The van der Waals surface area contributed by atoms with Crippen molar-refractivity contribution in [3.05, 3.63) is 41.7 Å². The van der Waals surface area contributed by atoms with Crippen LogP contribution in [-0.2, 0) is 9.47 Å². The first kappa shape index (κ1) is 17.1. The number of aromatic nitrogens is 2. The van der Waals surface area contributed by atoms with Crippen molar-refractivity contribution in [2.75, 3.05) is 33.4 Å². The van der Waals surface area contributed by atoms with Gasteiger partial charge in [0, 0.05) is 31.6 Å². The van der Waals surface area contributed by atoms with Crippen LogP contribution in [0.1, 0.15) is 29.0 Å². The van der Waals surface area contributed by atoms with Crippen molar-refractivity contribution in [2.24, 2.45) is 0 Å². The number of amides is 1. The largest absolute Gasteiger partial charge is 0.497 e. The number of hydrogen-bond donors (Lipinski definition) is 0. The van der Waals surface area contributed by atoms with E-state index in [1.54, 1.807) is 11.8 Å². The maximum atomic E-state index is 12.8. The molecule has 3 heterocycles. The van der Waals surface area contributed by atoms with Crippen LogP contribution in [0, 0.1) is 6.92 Å². The van der Waals surface area contributed by atoms with Crippen molar-refractivity contribution in [1.29, 1.82) is 0 Å². The number of likely N-dealkylation sites (tertiary alicyclic amines) is 1. The molecule has 0 radical (unpaired) electrons. The molecule has 7 heteroatoms. The molecule has 0 bridgehead atoms. The third-order valence-electron chi connectivity index (χ3n) is 5.05. The predicted octanol–water partition coefficient (Wildman–Crippen LogP) is 2.17. The summed E-state index contributed by atoms with van der Waals surface area (Å²) in [6.45, 7) is 4.46. The molecule has 2 aliphatic rings. The first-order valence-electron chi connectivity index (χ1n) is 8.88. The molecule has 1 amide bonds. The number of rotatable bonds is 3. The lowest BCUT2D eigenvalue weighted by atomic mass is 10.0. The van der Waals surface area contributed by atoms with Gasteiger partial charge < -0.3 is 19.1 Å². The standard InChI is InChI=1S/C19H23N3O4/c1-14-13-17(20-22(14)15-3-5-16(24-2)6-4-15)18(23)21-9-7-19(8-10-21)25-11-12-26-19/h3-6,13H,7-12H2,1-2H3. The van der Waals surface area contributed by atoms with Gasteiger partial charge in [-0.05, 0) is 37.3 Å². The summed E-state index contributed by atoms with van der Waals surface area (Å²) in [4.78, 5) is 14.7. The monoisotopic (exact) mass is 357 g/mol. The van der Waals surface area contributed by atoms with Gasteiger partial charge in [0.2, 0.25) is 0 Å². The Kier molecular flexibility index (Phi) is 4.42. The van der Waals surface area contributed by atoms with Crippen LogP contribution in [0.15, 0.2) is 30.3 Å². The Bertz CT molecular complexity index is 784. The normalized spacial score (nSPS) is 19.1. The minimum atomic E-state index is -0.477. The van der Waals surface area contributed by atoms with Crippen molar-refractivity contribution in [1.82, 2.24) is 14.7 Å². The van der Waals surface area contributed by atoms with Crippen LogP contribution in [0.25, 0.3) is 5.69 Å². The number of carbonyl (C=O) groups excluding carboxylic acids is 1. The highest BCUT2D eigenvalue weighted by Gasteiger charge is 2.41. The van der Waals surface area contributed by atoms with Gasteiger partial charge in [0.05, 0.1) is 26.0 Å². The zero-order valence-corrected chi connectivity index (χ0v) is 15.1. The molecule has 0 N–H and O–H groups in total. The van der Waals surface area contributed by atoms with Crippen LogP contribution in [0.5, 0.6) is 5.75 Å². The Morgan fingerprint density at radius 3 is 2.42 bits per heavy atom. The highest BCUT2D eigenvalue weighted by atomic mass is 16.7. The zero-order chi connectivity index (χ0) is 18.1. The SMILES string of the molecule is COc1ccc(-n2nc(C(=O)N3CCC4(CC3)OCCO4)cc2C)cc1. The number of aryl methyl sites for hydroxylation is 1. The zero-order valence-electron chi connectivity index (χ0n) is 15.1. The van der Waals surface area contributed by atoms with Crippen LogP contribution < -0.4 is 4.74 Å². The Morgan fingerprint density at radius 2 is 1.81 bits per heavy atom. The fraction of sp³-hybridized carbons (Fsp3) is 0.474. The van der Waals surface area contributed by atoms with Crippen LogP contribution in [-0.4, -0.2) is 59.8 Å². The fourth-order valence-electron chi connectivity index (χ4n) is 3.56. The molecular formula is C19H23N3O4. The molecule has 2 aromatic rings. The minimum absolute atomic E-state index is 0.0480. The van der Waals surface area contributed by atoms with Crippen molar-refractivity contribution < 1.29 is 19.0 Å². The summed E-state index contributed by atoms with van der Waals surface area (Å²) in [5.41, 5.74) is 2.27. The molecule has 1 aromatic heterocycles. The summed E-state index contributed by atoms with van der Waals surface area (Å²) < 4.78 is 18.4. The van der Waals surface area contributed by atoms with Gasteiger partial charge in [-0.15, -0.1) is 0 Å². The third kappa shape index (κ3) is 3.08. The molecule has 0 unspecified atom stereocenters. The summed E-state index contributed by atoms with van der Waals surface area (Å²) in [5, 5.41) is 4.52. The average Bonchev–Trinajstić information content (AvgIpc) is 3.29. The van der Waals surface area contributed by atoms with Gasteiger partial charge in [0.15, 0.2) is 11.5 Å².